The Balaban J connectivity index is 0.00000128. The normalized spacial score (nSPS) is 17.3. The van der Waals surface area contributed by atoms with E-state index < -0.39 is 0 Å². The van der Waals surface area contributed by atoms with Gasteiger partial charge in [-0.05, 0) is 12.1 Å². The van der Waals surface area contributed by atoms with Crippen LogP contribution in [-0.2, 0) is 47.6 Å². The monoisotopic (exact) mass is 436 g/mol. The molecule has 1 aliphatic rings. The predicted molar refractivity (Wildman–Crippen MR) is 66.5 cm³/mol. The van der Waals surface area contributed by atoms with Gasteiger partial charge in [-0.2, -0.15) is 0 Å². The van der Waals surface area contributed by atoms with Crippen molar-refractivity contribution >= 4 is 30.9 Å². The number of nitrogens with zero attached hydrogens (tertiary/aromatic N) is 3. The molecule has 1 aromatic rings. The van der Waals surface area contributed by atoms with Crippen LogP contribution in [0.3, 0.4) is 0 Å². The summed E-state index contributed by atoms with van der Waals surface area (Å²) in [6, 6.07) is 4.07. The Morgan fingerprint density at radius 3 is 2.12 bits per heavy atom. The third kappa shape index (κ3) is 3.68. The molecule has 0 bridgehead atoms. The quantitative estimate of drug-likeness (QED) is 0.498. The largest absolute Gasteiger partial charge is 0.800 e. The van der Waals surface area contributed by atoms with E-state index in [1.807, 2.05) is 24.5 Å². The van der Waals surface area contributed by atoms with Gasteiger partial charge in [-0.1, -0.05) is 0 Å². The fraction of sp³-hybridized carbons (Fsp3) is 0.500. The predicted octanol–water partition coefficient (Wildman–Crippen LogP) is 0.578. The maximum Gasteiger partial charge on any atom is 0.0397 e. The van der Waals surface area contributed by atoms with Crippen LogP contribution in [0.15, 0.2) is 24.5 Å². The maximum absolute atomic E-state index is 5.07. The molecule has 1 aliphatic heterocycles. The zero-order valence-corrected chi connectivity index (χ0v) is 12.5. The average Bonchev–Trinajstić information content (AvgIpc) is 2.30. The Morgan fingerprint density at radius 1 is 1.06 bits per heavy atom. The van der Waals surface area contributed by atoms with Gasteiger partial charge in [-0.15, -0.1) is 0 Å². The zero-order chi connectivity index (χ0) is 10.7. The molecule has 0 N–H and O–H groups in total. The van der Waals surface area contributed by atoms with Crippen molar-refractivity contribution in [2.75, 3.05) is 31.1 Å². The van der Waals surface area contributed by atoms with Crippen molar-refractivity contribution in [3.05, 3.63) is 24.5 Å². The summed E-state index contributed by atoms with van der Waals surface area (Å²) in [5, 5.41) is 0. The van der Waals surface area contributed by atoms with Gasteiger partial charge in [0.05, 0.1) is 0 Å². The van der Waals surface area contributed by atoms with Crippen molar-refractivity contribution in [1.29, 1.82) is 0 Å². The van der Waals surface area contributed by atoms with E-state index in [1.165, 1.54) is 5.69 Å². The van der Waals surface area contributed by atoms with Crippen LogP contribution in [0.2, 0.25) is 0 Å². The zero-order valence-electron chi connectivity index (χ0n) is 8.67. The van der Waals surface area contributed by atoms with Crippen LogP contribution in [0, 0.1) is 0 Å². The first kappa shape index (κ1) is 14.4. The fourth-order valence-electron chi connectivity index (χ4n) is 1.75. The van der Waals surface area contributed by atoms with Gasteiger partial charge < -0.3 is 35.1 Å². The number of rotatable bonds is 2. The number of hydrogen-bond acceptors (Lipinski definition) is 5. The molecule has 0 unspecified atom stereocenters. The molecule has 2 heterocycles. The van der Waals surface area contributed by atoms with Crippen molar-refractivity contribution in [3.8, 4) is 0 Å². The number of pyridine rings is 1. The van der Waals surface area contributed by atoms with E-state index in [0.717, 1.165) is 26.2 Å². The van der Waals surface area contributed by atoms with E-state index in [0.29, 0.717) is 0 Å². The number of hydrogen-bond donors (Lipinski definition) is 0. The summed E-state index contributed by atoms with van der Waals surface area (Å²) >= 11 is 10.1. The molecule has 1 radical (unpaired) electrons. The van der Waals surface area contributed by atoms with Crippen molar-refractivity contribution in [3.63, 3.8) is 0 Å². The van der Waals surface area contributed by atoms with Crippen molar-refractivity contribution < 1.29 is 22.4 Å². The van der Waals surface area contributed by atoms with E-state index in [2.05, 4.69) is 14.8 Å². The smallest absolute Gasteiger partial charge is 0.0397 e. The Morgan fingerprint density at radius 2 is 1.62 bits per heavy atom. The minimum Gasteiger partial charge on any atom is -0.800 e. The molecule has 0 atom stereocenters. The number of anilines is 1. The minimum absolute atomic E-state index is 0. The molecule has 0 saturated carbocycles. The van der Waals surface area contributed by atoms with Crippen LogP contribution in [0.1, 0.15) is 0 Å². The molecular weight excluding hydrogens is 423 g/mol. The molecule has 0 aliphatic carbocycles. The van der Waals surface area contributed by atoms with E-state index in [1.54, 1.807) is 0 Å². The van der Waals surface area contributed by atoms with Gasteiger partial charge in [0, 0.05) is 66.6 Å². The van der Waals surface area contributed by atoms with Crippen LogP contribution in [0.5, 0.6) is 0 Å². The Labute approximate surface area is 123 Å². The molecule has 2 rings (SSSR count). The molecule has 6 heteroatoms. The summed E-state index contributed by atoms with van der Waals surface area (Å²) in [5.74, 6) is 0. The van der Waals surface area contributed by atoms with Gasteiger partial charge in [0.1, 0.15) is 0 Å². The molecule has 0 amide bonds. The van der Waals surface area contributed by atoms with Gasteiger partial charge in [0.2, 0.25) is 0 Å². The molecule has 0 spiro atoms. The van der Waals surface area contributed by atoms with E-state index in [9.17, 15) is 0 Å². The van der Waals surface area contributed by atoms with Crippen LogP contribution >= 0.6 is 0 Å². The summed E-state index contributed by atoms with van der Waals surface area (Å²) in [5.41, 5.74) is 1.23. The molecular formula is C10H13AuN3S2-2. The molecule has 1 saturated heterocycles. The van der Waals surface area contributed by atoms with Crippen molar-refractivity contribution in [2.45, 2.75) is 4.71 Å². The van der Waals surface area contributed by atoms with Crippen LogP contribution in [-0.4, -0.2) is 40.8 Å². The van der Waals surface area contributed by atoms with E-state index >= 15 is 0 Å². The Bertz CT molecular complexity index is 302. The van der Waals surface area contributed by atoms with E-state index in [-0.39, 0.29) is 27.1 Å². The SMILES string of the molecule is [Au].[S-]C([S-])N1CCN(c2ccncc2)CC1. The molecule has 3 nitrogen and oxygen atoms in total. The first-order valence-electron chi connectivity index (χ1n) is 4.98. The van der Waals surface area contributed by atoms with Crippen LogP contribution in [0.4, 0.5) is 5.69 Å². The van der Waals surface area contributed by atoms with Crippen molar-refractivity contribution in [1.82, 2.24) is 9.88 Å². The minimum atomic E-state index is -0.162. The van der Waals surface area contributed by atoms with Gasteiger partial charge in [-0.3, -0.25) is 4.98 Å². The standard InChI is InChI=1S/C10H15N3S2.Au/c14-10(15)13-7-5-12(6-8-13)9-1-3-11-4-2-9;/h1-4,10,14-15H,5-8H2;/p-2. The molecule has 93 valence electrons. The second kappa shape index (κ2) is 6.93. The topological polar surface area (TPSA) is 19.4 Å². The Hall–Kier alpha value is 0.350. The van der Waals surface area contributed by atoms with Crippen LogP contribution in [0.25, 0.3) is 0 Å². The maximum atomic E-state index is 5.07. The molecule has 0 aromatic carbocycles. The van der Waals surface area contributed by atoms with Gasteiger partial charge in [0.15, 0.2) is 0 Å². The Kier molecular flexibility index (Phi) is 6.25. The summed E-state index contributed by atoms with van der Waals surface area (Å²) in [6.07, 6.45) is 3.65. The molecule has 1 fully saturated rings. The summed E-state index contributed by atoms with van der Waals surface area (Å²) in [4.78, 5) is 8.51. The second-order valence-corrected chi connectivity index (χ2v) is 4.73. The first-order valence-corrected chi connectivity index (χ1v) is 5.92. The third-order valence-corrected chi connectivity index (χ3v) is 3.24. The van der Waals surface area contributed by atoms with Crippen molar-refractivity contribution in [2.24, 2.45) is 0 Å². The summed E-state index contributed by atoms with van der Waals surface area (Å²) in [7, 11) is 0. The number of piperazine rings is 1. The molecule has 16 heavy (non-hydrogen) atoms. The van der Waals surface area contributed by atoms with Crippen LogP contribution < -0.4 is 4.90 Å². The second-order valence-electron chi connectivity index (χ2n) is 3.54. The average molecular weight is 436 g/mol. The summed E-state index contributed by atoms with van der Waals surface area (Å²) < 4.78 is -0.162. The van der Waals surface area contributed by atoms with Gasteiger partial charge in [0.25, 0.3) is 0 Å². The third-order valence-electron chi connectivity index (χ3n) is 2.64. The summed E-state index contributed by atoms with van der Waals surface area (Å²) in [6.45, 7) is 3.90. The van der Waals surface area contributed by atoms with Gasteiger partial charge in [-0.25, -0.2) is 4.71 Å². The first-order chi connectivity index (χ1) is 7.27. The fourth-order valence-corrected chi connectivity index (χ4v) is 2.17. The van der Waals surface area contributed by atoms with Gasteiger partial charge >= 0.3 is 0 Å². The van der Waals surface area contributed by atoms with E-state index in [4.69, 9.17) is 25.3 Å². The number of aromatic nitrogens is 1. The molecule has 1 aromatic heterocycles.